The van der Waals surface area contributed by atoms with E-state index in [1.807, 2.05) is 0 Å². The highest BCUT2D eigenvalue weighted by Crippen LogP contribution is 2.21. The number of ketones is 1. The van der Waals surface area contributed by atoms with Crippen LogP contribution >= 0.6 is 0 Å². The number of aliphatic hydroxyl groups excluding tert-OH is 4. The van der Waals surface area contributed by atoms with Crippen LogP contribution in [0.5, 0.6) is 0 Å². The zero-order valence-electron chi connectivity index (χ0n) is 8.81. The van der Waals surface area contributed by atoms with Crippen molar-refractivity contribution < 1.29 is 34.7 Å². The highest BCUT2D eigenvalue weighted by atomic mass is 16.7. The van der Waals surface area contributed by atoms with Gasteiger partial charge in [0.15, 0.2) is 12.1 Å². The molecule has 7 heteroatoms. The van der Waals surface area contributed by atoms with Gasteiger partial charge in [-0.05, 0) is 6.92 Å². The molecule has 1 heterocycles. The first-order valence-electron chi connectivity index (χ1n) is 4.89. The minimum atomic E-state index is -1.48. The molecule has 94 valence electrons. The molecular weight excluding hydrogens is 220 g/mol. The number of Topliss-reactive ketones (excluding diaryl/α,β-unsaturated/α-hetero) is 1. The van der Waals surface area contributed by atoms with Crippen LogP contribution in [0.25, 0.3) is 0 Å². The molecule has 1 aliphatic rings. The smallest absolute Gasteiger partial charge is 0.187 e. The second-order valence-corrected chi connectivity index (χ2v) is 3.71. The summed E-state index contributed by atoms with van der Waals surface area (Å²) in [5, 5.41) is 37.2. The van der Waals surface area contributed by atoms with Crippen molar-refractivity contribution in [2.75, 3.05) is 13.2 Å². The van der Waals surface area contributed by atoms with Crippen molar-refractivity contribution in [1.29, 1.82) is 0 Å². The van der Waals surface area contributed by atoms with Gasteiger partial charge in [-0.2, -0.15) is 0 Å². The highest BCUT2D eigenvalue weighted by molar-refractivity contribution is 5.76. The third-order valence-electron chi connectivity index (χ3n) is 2.30. The number of carbonyl (C=O) groups excluding carboxylic acids is 1. The average Bonchev–Trinajstić information content (AvgIpc) is 2.25. The Morgan fingerprint density at radius 2 is 1.88 bits per heavy atom. The van der Waals surface area contributed by atoms with E-state index < -0.39 is 37.3 Å². The standard InChI is InChI=1S/C9H16O7/c1-4(11)3-15-9-8(14)7(13)6(12)5(2-10)16-9/h5-10,12-14H,2-3H2,1H3/t5-,6+,7+,8-,9+/m1/s1. The van der Waals surface area contributed by atoms with E-state index in [1.165, 1.54) is 6.92 Å². The van der Waals surface area contributed by atoms with Crippen LogP contribution in [0.1, 0.15) is 6.92 Å². The Hall–Kier alpha value is -0.570. The van der Waals surface area contributed by atoms with Gasteiger partial charge in [0.2, 0.25) is 0 Å². The van der Waals surface area contributed by atoms with Crippen LogP contribution in [0.4, 0.5) is 0 Å². The van der Waals surface area contributed by atoms with Crippen molar-refractivity contribution in [2.45, 2.75) is 37.6 Å². The van der Waals surface area contributed by atoms with Gasteiger partial charge in [-0.1, -0.05) is 0 Å². The van der Waals surface area contributed by atoms with Gasteiger partial charge in [-0.25, -0.2) is 0 Å². The lowest BCUT2D eigenvalue weighted by atomic mass is 9.99. The fourth-order valence-corrected chi connectivity index (χ4v) is 1.40. The van der Waals surface area contributed by atoms with Gasteiger partial charge in [0.25, 0.3) is 0 Å². The molecule has 0 bridgehead atoms. The largest absolute Gasteiger partial charge is 0.394 e. The Morgan fingerprint density at radius 1 is 1.25 bits per heavy atom. The highest BCUT2D eigenvalue weighted by Gasteiger charge is 2.43. The molecule has 0 unspecified atom stereocenters. The van der Waals surface area contributed by atoms with Crippen molar-refractivity contribution in [3.63, 3.8) is 0 Å². The zero-order valence-corrected chi connectivity index (χ0v) is 8.81. The SMILES string of the molecule is CC(=O)CO[C@H]1O[C@H](CO)[C@H](O)[C@H](O)[C@H]1O. The first-order chi connectivity index (χ1) is 7.47. The maximum absolute atomic E-state index is 10.7. The monoisotopic (exact) mass is 236 g/mol. The second kappa shape index (κ2) is 5.67. The molecule has 5 atom stereocenters. The zero-order chi connectivity index (χ0) is 12.3. The molecule has 0 spiro atoms. The molecule has 0 aliphatic carbocycles. The molecule has 1 rings (SSSR count). The predicted octanol–water partition coefficient (Wildman–Crippen LogP) is -2.61. The van der Waals surface area contributed by atoms with Crippen LogP contribution < -0.4 is 0 Å². The first-order valence-corrected chi connectivity index (χ1v) is 4.89. The lowest BCUT2D eigenvalue weighted by Gasteiger charge is -2.39. The van der Waals surface area contributed by atoms with Gasteiger partial charge in [-0.15, -0.1) is 0 Å². The fraction of sp³-hybridized carbons (Fsp3) is 0.889. The summed E-state index contributed by atoms with van der Waals surface area (Å²) < 4.78 is 9.90. The van der Waals surface area contributed by atoms with Gasteiger partial charge in [0.1, 0.15) is 31.0 Å². The van der Waals surface area contributed by atoms with Crippen LogP contribution in [-0.2, 0) is 14.3 Å². The van der Waals surface area contributed by atoms with Crippen LogP contribution in [0.2, 0.25) is 0 Å². The third-order valence-corrected chi connectivity index (χ3v) is 2.30. The lowest BCUT2D eigenvalue weighted by Crippen LogP contribution is -2.59. The molecule has 1 saturated heterocycles. The molecule has 0 amide bonds. The Kier molecular flexibility index (Phi) is 4.78. The van der Waals surface area contributed by atoms with E-state index >= 15 is 0 Å². The van der Waals surface area contributed by atoms with E-state index in [0.29, 0.717) is 0 Å². The summed E-state index contributed by atoms with van der Waals surface area (Å²) in [5.41, 5.74) is 0. The van der Waals surface area contributed by atoms with Gasteiger partial charge in [-0.3, -0.25) is 4.79 Å². The molecule has 0 aromatic rings. The van der Waals surface area contributed by atoms with Gasteiger partial charge in [0, 0.05) is 0 Å². The predicted molar refractivity (Wildman–Crippen MR) is 50.4 cm³/mol. The quantitative estimate of drug-likeness (QED) is 0.422. The van der Waals surface area contributed by atoms with Crippen molar-refractivity contribution >= 4 is 5.78 Å². The Bertz CT molecular complexity index is 242. The molecule has 0 aromatic heterocycles. The molecule has 1 fully saturated rings. The summed E-state index contributed by atoms with van der Waals surface area (Å²) in [6.07, 6.45) is -6.62. The van der Waals surface area contributed by atoms with Crippen LogP contribution in [0.3, 0.4) is 0 Å². The molecule has 1 aliphatic heterocycles. The topological polar surface area (TPSA) is 116 Å². The fourth-order valence-electron chi connectivity index (χ4n) is 1.40. The van der Waals surface area contributed by atoms with Crippen molar-refractivity contribution in [2.24, 2.45) is 0 Å². The van der Waals surface area contributed by atoms with E-state index in [-0.39, 0.29) is 12.4 Å². The summed E-state index contributed by atoms with van der Waals surface area (Å²) in [7, 11) is 0. The Morgan fingerprint density at radius 3 is 2.38 bits per heavy atom. The number of aliphatic hydroxyl groups is 4. The van der Waals surface area contributed by atoms with E-state index in [1.54, 1.807) is 0 Å². The summed E-state index contributed by atoms with van der Waals surface area (Å²) in [5.74, 6) is -0.267. The van der Waals surface area contributed by atoms with Crippen LogP contribution in [-0.4, -0.2) is 70.1 Å². The van der Waals surface area contributed by atoms with Gasteiger partial charge in [0.05, 0.1) is 6.61 Å². The number of carbonyl (C=O) groups is 1. The normalized spacial score (nSPS) is 39.7. The minimum absolute atomic E-state index is 0.267. The number of ether oxygens (including phenoxy) is 2. The van der Waals surface area contributed by atoms with Crippen molar-refractivity contribution in [3.05, 3.63) is 0 Å². The minimum Gasteiger partial charge on any atom is -0.394 e. The van der Waals surface area contributed by atoms with Crippen molar-refractivity contribution in [3.8, 4) is 0 Å². The van der Waals surface area contributed by atoms with E-state index in [9.17, 15) is 20.1 Å². The molecule has 0 saturated carbocycles. The molecule has 0 aromatic carbocycles. The molecule has 4 N–H and O–H groups in total. The van der Waals surface area contributed by atoms with E-state index in [4.69, 9.17) is 14.6 Å². The second-order valence-electron chi connectivity index (χ2n) is 3.71. The molecule has 7 nitrogen and oxygen atoms in total. The Labute approximate surface area is 92.2 Å². The Balaban J connectivity index is 2.60. The molecular formula is C9H16O7. The maximum Gasteiger partial charge on any atom is 0.187 e. The summed E-state index contributed by atoms with van der Waals surface area (Å²) in [4.78, 5) is 10.7. The van der Waals surface area contributed by atoms with Gasteiger partial charge >= 0.3 is 0 Å². The summed E-state index contributed by atoms with van der Waals surface area (Å²) >= 11 is 0. The number of hydrogen-bond donors (Lipinski definition) is 4. The first kappa shape index (κ1) is 13.5. The molecule has 16 heavy (non-hydrogen) atoms. The van der Waals surface area contributed by atoms with Crippen LogP contribution in [0, 0.1) is 0 Å². The van der Waals surface area contributed by atoms with Crippen LogP contribution in [0.15, 0.2) is 0 Å². The van der Waals surface area contributed by atoms with E-state index in [0.717, 1.165) is 0 Å². The van der Waals surface area contributed by atoms with Gasteiger partial charge < -0.3 is 29.9 Å². The van der Waals surface area contributed by atoms with E-state index in [2.05, 4.69) is 0 Å². The lowest BCUT2D eigenvalue weighted by molar-refractivity contribution is -0.299. The maximum atomic E-state index is 10.7. The molecule has 0 radical (unpaired) electrons. The summed E-state index contributed by atoms with van der Waals surface area (Å²) in [6, 6.07) is 0. The summed E-state index contributed by atoms with van der Waals surface area (Å²) in [6.45, 7) is 0.498. The number of hydrogen-bond acceptors (Lipinski definition) is 7. The third kappa shape index (κ3) is 2.97. The van der Waals surface area contributed by atoms with Crippen molar-refractivity contribution in [1.82, 2.24) is 0 Å². The average molecular weight is 236 g/mol. The number of rotatable bonds is 4.